The van der Waals surface area contributed by atoms with Crippen LogP contribution in [0.4, 0.5) is 0 Å². The van der Waals surface area contributed by atoms with E-state index < -0.39 is 0 Å². The number of carbonyl (C=O) groups is 2. The van der Waals surface area contributed by atoms with Gasteiger partial charge >= 0.3 is 0 Å². The monoisotopic (exact) mass is 324 g/mol. The normalized spacial score (nSPS) is 11.4. The van der Waals surface area contributed by atoms with Gasteiger partial charge in [0.05, 0.1) is 0 Å². The van der Waals surface area contributed by atoms with Crippen molar-refractivity contribution in [3.05, 3.63) is 0 Å². The Hall–Kier alpha value is -0.0800. The zero-order chi connectivity index (χ0) is 15.8. The van der Waals surface area contributed by atoms with E-state index in [1.165, 1.54) is 19.3 Å². The lowest BCUT2D eigenvalue weighted by Crippen LogP contribution is -2.06. The van der Waals surface area contributed by atoms with Crippen LogP contribution in [0.15, 0.2) is 0 Å². The van der Waals surface area contributed by atoms with E-state index in [0.29, 0.717) is 6.42 Å². The van der Waals surface area contributed by atoms with Crippen molar-refractivity contribution >= 4 is 33.7 Å². The largest absolute Gasteiger partial charge is 0.281 e. The fourth-order valence-electron chi connectivity index (χ4n) is 1.80. The van der Waals surface area contributed by atoms with Gasteiger partial charge < -0.3 is 0 Å². The number of hydrogen-bond donors (Lipinski definition) is 0. The third-order valence-electron chi connectivity index (χ3n) is 3.20. The summed E-state index contributed by atoms with van der Waals surface area (Å²) in [6.45, 7) is 6.29. The SMILES string of the molecule is CCCCC(CC)C(=O)Cl.CCCCCCCC(=O)Cl. The zero-order valence-corrected chi connectivity index (χ0v) is 14.7. The summed E-state index contributed by atoms with van der Waals surface area (Å²) in [5.74, 6) is 0.0987. The van der Waals surface area contributed by atoms with Gasteiger partial charge in [-0.05, 0) is 42.5 Å². The van der Waals surface area contributed by atoms with Gasteiger partial charge in [-0.1, -0.05) is 59.3 Å². The number of unbranched alkanes of at least 4 members (excludes halogenated alkanes) is 5. The molecule has 0 bridgehead atoms. The van der Waals surface area contributed by atoms with Gasteiger partial charge in [-0.15, -0.1) is 0 Å². The van der Waals surface area contributed by atoms with E-state index in [-0.39, 0.29) is 16.4 Å². The lowest BCUT2D eigenvalue weighted by atomic mass is 10.0. The summed E-state index contributed by atoms with van der Waals surface area (Å²) in [6.07, 6.45) is 10.5. The van der Waals surface area contributed by atoms with E-state index in [1.807, 2.05) is 6.92 Å². The number of rotatable bonds is 11. The maximum atomic E-state index is 10.6. The second-order valence-corrected chi connectivity index (χ2v) is 5.86. The molecule has 0 aromatic rings. The molecule has 120 valence electrons. The highest BCUT2D eigenvalue weighted by molar-refractivity contribution is 6.64. The van der Waals surface area contributed by atoms with Crippen molar-refractivity contribution in [2.75, 3.05) is 0 Å². The van der Waals surface area contributed by atoms with Crippen molar-refractivity contribution in [3.63, 3.8) is 0 Å². The number of carbonyl (C=O) groups excluding carboxylic acids is 2. The third-order valence-corrected chi connectivity index (χ3v) is 3.69. The van der Waals surface area contributed by atoms with Crippen LogP contribution in [0.25, 0.3) is 0 Å². The second kappa shape index (κ2) is 17.0. The van der Waals surface area contributed by atoms with Crippen molar-refractivity contribution in [3.8, 4) is 0 Å². The summed E-state index contributed by atoms with van der Waals surface area (Å²) in [5, 5.41) is -0.368. The average molecular weight is 325 g/mol. The van der Waals surface area contributed by atoms with Gasteiger partial charge in [0.15, 0.2) is 0 Å². The molecule has 0 amide bonds. The van der Waals surface area contributed by atoms with Crippen LogP contribution in [0.5, 0.6) is 0 Å². The summed E-state index contributed by atoms with van der Waals surface area (Å²) in [6, 6.07) is 0. The molecular weight excluding hydrogens is 295 g/mol. The molecule has 1 unspecified atom stereocenters. The molecule has 0 aliphatic rings. The van der Waals surface area contributed by atoms with E-state index >= 15 is 0 Å². The molecule has 1 atom stereocenters. The first kappa shape index (κ1) is 22.2. The molecular formula is C16H30Cl2O2. The van der Waals surface area contributed by atoms with Crippen LogP contribution in [-0.2, 0) is 9.59 Å². The molecule has 0 radical (unpaired) electrons. The lowest BCUT2D eigenvalue weighted by Gasteiger charge is -2.06. The van der Waals surface area contributed by atoms with Crippen molar-refractivity contribution in [1.29, 1.82) is 0 Å². The fourth-order valence-corrected chi connectivity index (χ4v) is 2.19. The van der Waals surface area contributed by atoms with Gasteiger partial charge in [-0.3, -0.25) is 9.59 Å². The lowest BCUT2D eigenvalue weighted by molar-refractivity contribution is -0.115. The first-order valence-electron chi connectivity index (χ1n) is 7.87. The molecule has 0 saturated heterocycles. The van der Waals surface area contributed by atoms with Crippen molar-refractivity contribution in [2.24, 2.45) is 5.92 Å². The minimum absolute atomic E-state index is 0.0987. The van der Waals surface area contributed by atoms with Gasteiger partial charge in [0, 0.05) is 12.3 Å². The first-order chi connectivity index (χ1) is 9.49. The van der Waals surface area contributed by atoms with Crippen LogP contribution in [0.3, 0.4) is 0 Å². The van der Waals surface area contributed by atoms with Gasteiger partial charge in [-0.25, -0.2) is 0 Å². The maximum Gasteiger partial charge on any atom is 0.224 e. The molecule has 0 aliphatic heterocycles. The Morgan fingerprint density at radius 3 is 1.80 bits per heavy atom. The Bertz CT molecular complexity index is 243. The van der Waals surface area contributed by atoms with E-state index in [0.717, 1.165) is 38.5 Å². The summed E-state index contributed by atoms with van der Waals surface area (Å²) in [5.41, 5.74) is 0. The average Bonchev–Trinajstić information content (AvgIpc) is 2.39. The highest BCUT2D eigenvalue weighted by Gasteiger charge is 2.11. The van der Waals surface area contributed by atoms with Crippen molar-refractivity contribution in [2.45, 2.75) is 85.0 Å². The van der Waals surface area contributed by atoms with Crippen LogP contribution in [0, 0.1) is 5.92 Å². The summed E-state index contributed by atoms with van der Waals surface area (Å²) in [4.78, 5) is 20.9. The first-order valence-corrected chi connectivity index (χ1v) is 8.62. The van der Waals surface area contributed by atoms with Gasteiger partial charge in [0.1, 0.15) is 0 Å². The zero-order valence-electron chi connectivity index (χ0n) is 13.2. The molecule has 0 aromatic carbocycles. The quantitative estimate of drug-likeness (QED) is 0.341. The molecule has 0 aromatic heterocycles. The van der Waals surface area contributed by atoms with E-state index in [9.17, 15) is 9.59 Å². The molecule has 0 saturated carbocycles. The molecule has 4 heteroatoms. The number of halogens is 2. The van der Waals surface area contributed by atoms with Gasteiger partial charge in [0.2, 0.25) is 10.5 Å². The third kappa shape index (κ3) is 17.9. The standard InChI is InChI=1S/2C8H15ClO/c1-3-5-6-7(4-2)8(9)10;1-2-3-4-5-6-7-8(9)10/h7H,3-6H2,1-2H3;2-7H2,1H3. The van der Waals surface area contributed by atoms with E-state index in [2.05, 4.69) is 13.8 Å². The van der Waals surface area contributed by atoms with Crippen molar-refractivity contribution in [1.82, 2.24) is 0 Å². The van der Waals surface area contributed by atoms with Crippen LogP contribution >= 0.6 is 23.2 Å². The minimum Gasteiger partial charge on any atom is -0.281 e. The van der Waals surface area contributed by atoms with Gasteiger partial charge in [0.25, 0.3) is 0 Å². The second-order valence-electron chi connectivity index (χ2n) is 5.07. The Morgan fingerprint density at radius 1 is 0.850 bits per heavy atom. The maximum absolute atomic E-state index is 10.6. The predicted molar refractivity (Wildman–Crippen MR) is 88.4 cm³/mol. The highest BCUT2D eigenvalue weighted by atomic mass is 35.5. The van der Waals surface area contributed by atoms with Crippen LogP contribution in [0.2, 0.25) is 0 Å². The Morgan fingerprint density at radius 2 is 1.40 bits per heavy atom. The smallest absolute Gasteiger partial charge is 0.224 e. The highest BCUT2D eigenvalue weighted by Crippen LogP contribution is 2.14. The predicted octanol–water partition coefficient (Wildman–Crippen LogP) is 6.08. The molecule has 0 heterocycles. The summed E-state index contributed by atoms with van der Waals surface area (Å²) >= 11 is 10.5. The molecule has 2 nitrogen and oxygen atoms in total. The molecule has 0 rings (SSSR count). The topological polar surface area (TPSA) is 34.1 Å². The Kier molecular flexibility index (Phi) is 18.8. The van der Waals surface area contributed by atoms with E-state index in [1.54, 1.807) is 0 Å². The molecule has 0 N–H and O–H groups in total. The Balaban J connectivity index is 0. The van der Waals surface area contributed by atoms with Crippen LogP contribution in [0.1, 0.15) is 85.0 Å². The van der Waals surface area contributed by atoms with Crippen molar-refractivity contribution < 1.29 is 9.59 Å². The molecule has 0 fully saturated rings. The minimum atomic E-state index is -0.198. The summed E-state index contributed by atoms with van der Waals surface area (Å²) in [7, 11) is 0. The fraction of sp³-hybridized carbons (Fsp3) is 0.875. The summed E-state index contributed by atoms with van der Waals surface area (Å²) < 4.78 is 0. The van der Waals surface area contributed by atoms with Crippen LogP contribution < -0.4 is 0 Å². The number of hydrogen-bond acceptors (Lipinski definition) is 2. The Labute approximate surface area is 134 Å². The van der Waals surface area contributed by atoms with E-state index in [4.69, 9.17) is 23.2 Å². The molecule has 0 aliphatic carbocycles. The molecule has 0 spiro atoms. The van der Waals surface area contributed by atoms with Gasteiger partial charge in [-0.2, -0.15) is 0 Å². The molecule has 20 heavy (non-hydrogen) atoms. The van der Waals surface area contributed by atoms with Crippen LogP contribution in [-0.4, -0.2) is 10.5 Å².